The maximum atomic E-state index is 13.1. The number of likely N-dealkylation sites (N-methyl/N-ethyl adjacent to an activating group) is 1. The molecule has 0 aliphatic carbocycles. The van der Waals surface area contributed by atoms with E-state index in [0.717, 1.165) is 25.1 Å². The lowest BCUT2D eigenvalue weighted by molar-refractivity contribution is 0.102. The van der Waals surface area contributed by atoms with Gasteiger partial charge in [0.05, 0.1) is 12.7 Å². The summed E-state index contributed by atoms with van der Waals surface area (Å²) in [4.78, 5) is 19.9. The van der Waals surface area contributed by atoms with Crippen molar-refractivity contribution in [1.82, 2.24) is 24.6 Å². The summed E-state index contributed by atoms with van der Waals surface area (Å²) in [6, 6.07) is 9.57. The van der Waals surface area contributed by atoms with Crippen LogP contribution < -0.4 is 10.1 Å². The Morgan fingerprint density at radius 2 is 2.07 bits per heavy atom. The molecule has 0 atom stereocenters. The van der Waals surface area contributed by atoms with E-state index in [2.05, 4.69) is 46.3 Å². The van der Waals surface area contributed by atoms with Gasteiger partial charge in [0.15, 0.2) is 5.82 Å². The quantitative estimate of drug-likeness (QED) is 0.701. The minimum absolute atomic E-state index is 0.202. The van der Waals surface area contributed by atoms with Gasteiger partial charge in [-0.05, 0) is 62.7 Å². The molecule has 0 saturated carbocycles. The average Bonchev–Trinajstić information content (AvgIpc) is 3.23. The Labute approximate surface area is 175 Å². The summed E-state index contributed by atoms with van der Waals surface area (Å²) in [6.45, 7) is 5.92. The molecule has 8 nitrogen and oxygen atoms in total. The van der Waals surface area contributed by atoms with Crippen molar-refractivity contribution in [3.05, 3.63) is 53.3 Å². The van der Waals surface area contributed by atoms with Crippen molar-refractivity contribution >= 4 is 11.7 Å². The van der Waals surface area contributed by atoms with Crippen molar-refractivity contribution in [2.24, 2.45) is 0 Å². The van der Waals surface area contributed by atoms with Crippen LogP contribution in [-0.2, 0) is 13.0 Å². The highest BCUT2D eigenvalue weighted by molar-refractivity contribution is 6.06. The van der Waals surface area contributed by atoms with Crippen LogP contribution in [0, 0.1) is 0 Å². The first-order valence-electron chi connectivity index (χ1n) is 10.0. The zero-order chi connectivity index (χ0) is 21.3. The molecule has 0 unspecified atom stereocenters. The van der Waals surface area contributed by atoms with Gasteiger partial charge in [-0.3, -0.25) is 4.79 Å². The standard InChI is InChI=1S/C22H26N6O2/c1-14(2)28-13-23-26-21(28)18-6-5-7-20(24-18)25-22(29)17-10-16-12-27(3)9-8-15(16)11-19(17)30-4/h5-7,10-11,13-14H,8-9,12H2,1-4H3,(H,24,25,29). The number of carbonyl (C=O) groups excluding carboxylic acids is 1. The third-order valence-corrected chi connectivity index (χ3v) is 5.32. The number of nitrogens with one attached hydrogen (secondary N) is 1. The Balaban J connectivity index is 1.62. The minimum Gasteiger partial charge on any atom is -0.496 e. The summed E-state index contributed by atoms with van der Waals surface area (Å²) < 4.78 is 7.45. The summed E-state index contributed by atoms with van der Waals surface area (Å²) in [6.07, 6.45) is 2.63. The number of anilines is 1. The molecule has 1 amide bonds. The number of methoxy groups -OCH3 is 1. The second-order valence-electron chi connectivity index (χ2n) is 7.83. The molecule has 3 heterocycles. The molecule has 156 valence electrons. The largest absolute Gasteiger partial charge is 0.496 e. The average molecular weight is 406 g/mol. The second-order valence-corrected chi connectivity index (χ2v) is 7.83. The summed E-state index contributed by atoms with van der Waals surface area (Å²) in [7, 11) is 3.67. The van der Waals surface area contributed by atoms with Gasteiger partial charge >= 0.3 is 0 Å². The molecule has 0 bridgehead atoms. The van der Waals surface area contributed by atoms with Gasteiger partial charge in [0.1, 0.15) is 23.6 Å². The molecule has 4 rings (SSSR count). The van der Waals surface area contributed by atoms with E-state index in [-0.39, 0.29) is 11.9 Å². The number of aromatic nitrogens is 4. The number of amides is 1. The van der Waals surface area contributed by atoms with Gasteiger partial charge < -0.3 is 19.5 Å². The van der Waals surface area contributed by atoms with Crippen molar-refractivity contribution < 1.29 is 9.53 Å². The molecule has 0 fully saturated rings. The molecule has 0 radical (unpaired) electrons. The fourth-order valence-electron chi connectivity index (χ4n) is 3.69. The van der Waals surface area contributed by atoms with E-state index in [1.54, 1.807) is 19.5 Å². The zero-order valence-corrected chi connectivity index (χ0v) is 17.7. The molecule has 0 saturated heterocycles. The van der Waals surface area contributed by atoms with Crippen LogP contribution in [0.25, 0.3) is 11.5 Å². The lowest BCUT2D eigenvalue weighted by Crippen LogP contribution is -2.27. The molecule has 1 aliphatic rings. The first kappa shape index (κ1) is 20.0. The molecule has 30 heavy (non-hydrogen) atoms. The normalized spacial score (nSPS) is 13.9. The summed E-state index contributed by atoms with van der Waals surface area (Å²) in [5, 5.41) is 11.1. The number of hydrogen-bond acceptors (Lipinski definition) is 6. The van der Waals surface area contributed by atoms with Crippen LogP contribution in [0.1, 0.15) is 41.4 Å². The van der Waals surface area contributed by atoms with E-state index in [1.165, 1.54) is 5.56 Å². The van der Waals surface area contributed by atoms with Crippen LogP contribution in [0.2, 0.25) is 0 Å². The zero-order valence-electron chi connectivity index (χ0n) is 17.7. The Hall–Kier alpha value is -3.26. The highest BCUT2D eigenvalue weighted by Gasteiger charge is 2.21. The highest BCUT2D eigenvalue weighted by Crippen LogP contribution is 2.28. The van der Waals surface area contributed by atoms with Gasteiger partial charge in [0, 0.05) is 19.1 Å². The van der Waals surface area contributed by atoms with E-state index in [0.29, 0.717) is 28.6 Å². The number of benzene rings is 1. The van der Waals surface area contributed by atoms with Crippen LogP contribution in [0.15, 0.2) is 36.7 Å². The Bertz CT molecular complexity index is 1080. The fraction of sp³-hybridized carbons (Fsp3) is 0.364. The lowest BCUT2D eigenvalue weighted by atomic mass is 9.96. The number of hydrogen-bond donors (Lipinski definition) is 1. The van der Waals surface area contributed by atoms with Crippen LogP contribution in [0.4, 0.5) is 5.82 Å². The molecule has 2 aromatic heterocycles. The number of pyridine rings is 1. The van der Waals surface area contributed by atoms with E-state index in [1.807, 2.05) is 28.8 Å². The number of rotatable bonds is 5. The smallest absolute Gasteiger partial charge is 0.260 e. The Kier molecular flexibility index (Phi) is 5.50. The summed E-state index contributed by atoms with van der Waals surface area (Å²) in [5.74, 6) is 1.44. The number of fused-ring (bicyclic) bond motifs is 1. The number of carbonyl (C=O) groups is 1. The van der Waals surface area contributed by atoms with Crippen molar-refractivity contribution in [2.45, 2.75) is 32.9 Å². The predicted molar refractivity (Wildman–Crippen MR) is 115 cm³/mol. The van der Waals surface area contributed by atoms with Crippen molar-refractivity contribution in [3.8, 4) is 17.3 Å². The SMILES string of the molecule is COc1cc2c(cc1C(=O)Nc1cccc(-c3nncn3C(C)C)n1)CN(C)CC2. The van der Waals surface area contributed by atoms with Crippen molar-refractivity contribution in [1.29, 1.82) is 0 Å². The maximum absolute atomic E-state index is 13.1. The van der Waals surface area contributed by atoms with Crippen LogP contribution >= 0.6 is 0 Å². The van der Waals surface area contributed by atoms with Gasteiger partial charge in [-0.2, -0.15) is 0 Å². The number of ether oxygens (including phenoxy) is 1. The van der Waals surface area contributed by atoms with Crippen LogP contribution in [0.3, 0.4) is 0 Å². The van der Waals surface area contributed by atoms with E-state index in [4.69, 9.17) is 4.74 Å². The first-order chi connectivity index (χ1) is 14.5. The lowest BCUT2D eigenvalue weighted by Gasteiger charge is -2.26. The highest BCUT2D eigenvalue weighted by atomic mass is 16.5. The van der Waals surface area contributed by atoms with Crippen LogP contribution in [0.5, 0.6) is 5.75 Å². The fourth-order valence-corrected chi connectivity index (χ4v) is 3.69. The number of nitrogens with zero attached hydrogens (tertiary/aromatic N) is 5. The molecule has 1 aliphatic heterocycles. The van der Waals surface area contributed by atoms with E-state index >= 15 is 0 Å². The third kappa shape index (κ3) is 3.91. The van der Waals surface area contributed by atoms with Gasteiger partial charge in [0.25, 0.3) is 5.91 Å². The molecule has 3 aromatic rings. The molecule has 1 N–H and O–H groups in total. The van der Waals surface area contributed by atoms with E-state index in [9.17, 15) is 4.79 Å². The van der Waals surface area contributed by atoms with Crippen LogP contribution in [-0.4, -0.2) is 51.3 Å². The summed E-state index contributed by atoms with van der Waals surface area (Å²) >= 11 is 0. The van der Waals surface area contributed by atoms with E-state index < -0.39 is 0 Å². The summed E-state index contributed by atoms with van der Waals surface area (Å²) in [5.41, 5.74) is 3.54. The molecule has 8 heteroatoms. The monoisotopic (exact) mass is 406 g/mol. The van der Waals surface area contributed by atoms with Gasteiger partial charge in [-0.25, -0.2) is 4.98 Å². The molecular formula is C22H26N6O2. The van der Waals surface area contributed by atoms with Crippen molar-refractivity contribution in [2.75, 3.05) is 26.0 Å². The second kappa shape index (κ2) is 8.23. The predicted octanol–water partition coefficient (Wildman–Crippen LogP) is 3.17. The topological polar surface area (TPSA) is 85.2 Å². The van der Waals surface area contributed by atoms with Gasteiger partial charge in [0.2, 0.25) is 0 Å². The maximum Gasteiger partial charge on any atom is 0.260 e. The van der Waals surface area contributed by atoms with Gasteiger partial charge in [-0.1, -0.05) is 6.07 Å². The molecule has 0 spiro atoms. The molecular weight excluding hydrogens is 380 g/mol. The van der Waals surface area contributed by atoms with Gasteiger partial charge in [-0.15, -0.1) is 10.2 Å². The first-order valence-corrected chi connectivity index (χ1v) is 10.0. The minimum atomic E-state index is -0.252. The molecule has 1 aromatic carbocycles. The Morgan fingerprint density at radius 1 is 1.23 bits per heavy atom. The Morgan fingerprint density at radius 3 is 2.83 bits per heavy atom. The van der Waals surface area contributed by atoms with Crippen molar-refractivity contribution in [3.63, 3.8) is 0 Å². The third-order valence-electron chi connectivity index (χ3n) is 5.32.